The zero-order valence-corrected chi connectivity index (χ0v) is 10.2. The van der Waals surface area contributed by atoms with Gasteiger partial charge in [-0.15, -0.1) is 0 Å². The minimum Gasteiger partial charge on any atom is -0.287 e. The third-order valence-corrected chi connectivity index (χ3v) is 2.64. The lowest BCUT2D eigenvalue weighted by atomic mass is 10.0. The molecule has 2 rings (SSSR count). The van der Waals surface area contributed by atoms with E-state index >= 15 is 0 Å². The van der Waals surface area contributed by atoms with Crippen LogP contribution in [0.1, 0.15) is 33.0 Å². The Morgan fingerprint density at radius 2 is 1.88 bits per heavy atom. The molecule has 0 bridgehead atoms. The Hall–Kier alpha value is -2.03. The van der Waals surface area contributed by atoms with Crippen molar-refractivity contribution in [3.8, 4) is 0 Å². The van der Waals surface area contributed by atoms with Crippen molar-refractivity contribution in [2.24, 2.45) is 0 Å². The van der Waals surface area contributed by atoms with Gasteiger partial charge in [0.25, 0.3) is 0 Å². The first kappa shape index (κ1) is 11.5. The summed E-state index contributed by atoms with van der Waals surface area (Å²) in [5, 5.41) is 0. The second-order valence-corrected chi connectivity index (χ2v) is 4.14. The molecule has 1 aromatic carbocycles. The van der Waals surface area contributed by atoms with Gasteiger partial charge < -0.3 is 0 Å². The topological polar surface area (TPSA) is 42.9 Å². The van der Waals surface area contributed by atoms with E-state index in [0.717, 1.165) is 11.1 Å². The molecule has 0 N–H and O–H groups in total. The predicted molar refractivity (Wildman–Crippen MR) is 66.1 cm³/mol. The molecule has 17 heavy (non-hydrogen) atoms. The number of aryl methyl sites for hydroxylation is 3. The molecule has 0 atom stereocenters. The fraction of sp³-hybridized carbons (Fsp3) is 0.214. The van der Waals surface area contributed by atoms with Crippen LogP contribution in [-0.4, -0.2) is 15.8 Å². The molecule has 3 nitrogen and oxygen atoms in total. The SMILES string of the molecule is Cc1ccc(C(=O)c2ccnc(C)n2)c(C)c1. The number of nitrogens with zero attached hydrogens (tertiary/aromatic N) is 2. The van der Waals surface area contributed by atoms with Crippen LogP contribution in [0.2, 0.25) is 0 Å². The molecular formula is C14H14N2O. The number of benzene rings is 1. The van der Waals surface area contributed by atoms with Gasteiger partial charge in [-0.05, 0) is 32.4 Å². The molecule has 0 saturated carbocycles. The minimum absolute atomic E-state index is 0.0481. The summed E-state index contributed by atoms with van der Waals surface area (Å²) in [5.74, 6) is 0.564. The zero-order valence-electron chi connectivity index (χ0n) is 10.2. The molecule has 1 aromatic heterocycles. The quantitative estimate of drug-likeness (QED) is 0.739. The molecular weight excluding hydrogens is 212 g/mol. The lowest BCUT2D eigenvalue weighted by molar-refractivity contribution is 0.103. The van der Waals surface area contributed by atoms with Crippen LogP contribution in [0.3, 0.4) is 0 Å². The van der Waals surface area contributed by atoms with Gasteiger partial charge in [0.1, 0.15) is 11.5 Å². The van der Waals surface area contributed by atoms with Crippen molar-refractivity contribution in [1.82, 2.24) is 9.97 Å². The summed E-state index contributed by atoms with van der Waals surface area (Å²) >= 11 is 0. The summed E-state index contributed by atoms with van der Waals surface area (Å²) in [7, 11) is 0. The zero-order chi connectivity index (χ0) is 12.4. The van der Waals surface area contributed by atoms with Crippen molar-refractivity contribution >= 4 is 5.78 Å². The van der Waals surface area contributed by atoms with Gasteiger partial charge >= 0.3 is 0 Å². The average Bonchev–Trinajstić information content (AvgIpc) is 2.28. The van der Waals surface area contributed by atoms with Gasteiger partial charge in [-0.1, -0.05) is 23.8 Å². The lowest BCUT2D eigenvalue weighted by Crippen LogP contribution is -2.07. The number of rotatable bonds is 2. The van der Waals surface area contributed by atoms with Crippen LogP contribution in [0.15, 0.2) is 30.5 Å². The Labute approximate surface area is 101 Å². The standard InChI is InChI=1S/C14H14N2O/c1-9-4-5-12(10(2)8-9)14(17)13-6-7-15-11(3)16-13/h4-8H,1-3H3. The molecule has 0 aliphatic carbocycles. The Bertz CT molecular complexity index is 576. The fourth-order valence-electron chi connectivity index (χ4n) is 1.79. The van der Waals surface area contributed by atoms with Gasteiger partial charge in [0.2, 0.25) is 5.78 Å². The van der Waals surface area contributed by atoms with Crippen LogP contribution < -0.4 is 0 Å². The number of carbonyl (C=O) groups is 1. The van der Waals surface area contributed by atoms with Crippen LogP contribution >= 0.6 is 0 Å². The van der Waals surface area contributed by atoms with Crippen LogP contribution in [0.25, 0.3) is 0 Å². The fourth-order valence-corrected chi connectivity index (χ4v) is 1.79. The van der Waals surface area contributed by atoms with E-state index in [4.69, 9.17) is 0 Å². The number of hydrogen-bond acceptors (Lipinski definition) is 3. The van der Waals surface area contributed by atoms with Crippen LogP contribution in [-0.2, 0) is 0 Å². The van der Waals surface area contributed by atoms with Crippen molar-refractivity contribution in [3.05, 3.63) is 58.7 Å². The highest BCUT2D eigenvalue weighted by Crippen LogP contribution is 2.14. The number of aromatic nitrogens is 2. The maximum atomic E-state index is 12.2. The van der Waals surface area contributed by atoms with Gasteiger partial charge in [-0.3, -0.25) is 4.79 Å². The molecule has 0 aliphatic rings. The largest absolute Gasteiger partial charge is 0.287 e. The molecule has 0 amide bonds. The van der Waals surface area contributed by atoms with Crippen LogP contribution in [0.5, 0.6) is 0 Å². The summed E-state index contributed by atoms with van der Waals surface area (Å²) in [6, 6.07) is 7.44. The molecule has 0 radical (unpaired) electrons. The van der Waals surface area contributed by atoms with Gasteiger partial charge in [-0.2, -0.15) is 0 Å². The molecule has 1 heterocycles. The van der Waals surface area contributed by atoms with E-state index in [9.17, 15) is 4.79 Å². The van der Waals surface area contributed by atoms with Crippen LogP contribution in [0, 0.1) is 20.8 Å². The lowest BCUT2D eigenvalue weighted by Gasteiger charge is -2.05. The van der Waals surface area contributed by atoms with E-state index in [1.54, 1.807) is 19.2 Å². The maximum absolute atomic E-state index is 12.2. The molecule has 86 valence electrons. The molecule has 0 unspecified atom stereocenters. The van der Waals surface area contributed by atoms with Gasteiger partial charge in [-0.25, -0.2) is 9.97 Å². The summed E-state index contributed by atoms with van der Waals surface area (Å²) < 4.78 is 0. The second kappa shape index (κ2) is 4.45. The minimum atomic E-state index is -0.0481. The van der Waals surface area contributed by atoms with Gasteiger partial charge in [0.05, 0.1) is 0 Å². The first-order valence-corrected chi connectivity index (χ1v) is 5.49. The van der Waals surface area contributed by atoms with Gasteiger partial charge in [0.15, 0.2) is 0 Å². The average molecular weight is 226 g/mol. The number of hydrogen-bond donors (Lipinski definition) is 0. The Kier molecular flexibility index (Phi) is 3.00. The van der Waals surface area contributed by atoms with E-state index in [1.807, 2.05) is 32.0 Å². The molecule has 0 fully saturated rings. The Morgan fingerprint density at radius 1 is 1.12 bits per heavy atom. The second-order valence-electron chi connectivity index (χ2n) is 4.14. The summed E-state index contributed by atoms with van der Waals surface area (Å²) in [6.07, 6.45) is 1.61. The highest BCUT2D eigenvalue weighted by molar-refractivity contribution is 6.08. The maximum Gasteiger partial charge on any atom is 0.211 e. The van der Waals surface area contributed by atoms with E-state index in [1.165, 1.54) is 0 Å². The number of carbonyl (C=O) groups excluding carboxylic acids is 1. The van der Waals surface area contributed by atoms with Crippen molar-refractivity contribution < 1.29 is 4.79 Å². The summed E-state index contributed by atoms with van der Waals surface area (Å²) in [4.78, 5) is 20.4. The Morgan fingerprint density at radius 3 is 2.53 bits per heavy atom. The Balaban J connectivity index is 2.44. The third-order valence-electron chi connectivity index (χ3n) is 2.64. The number of ketones is 1. The smallest absolute Gasteiger partial charge is 0.211 e. The van der Waals surface area contributed by atoms with Crippen molar-refractivity contribution in [2.45, 2.75) is 20.8 Å². The van der Waals surface area contributed by atoms with Gasteiger partial charge in [0, 0.05) is 11.8 Å². The molecule has 0 aliphatic heterocycles. The van der Waals surface area contributed by atoms with Crippen LogP contribution in [0.4, 0.5) is 0 Å². The summed E-state index contributed by atoms with van der Waals surface area (Å²) in [6.45, 7) is 5.73. The van der Waals surface area contributed by atoms with E-state index in [0.29, 0.717) is 17.1 Å². The molecule has 0 spiro atoms. The monoisotopic (exact) mass is 226 g/mol. The molecule has 3 heteroatoms. The van der Waals surface area contributed by atoms with E-state index in [-0.39, 0.29) is 5.78 Å². The normalized spacial score (nSPS) is 10.3. The molecule has 2 aromatic rings. The molecule has 0 saturated heterocycles. The van der Waals surface area contributed by atoms with Crippen molar-refractivity contribution in [3.63, 3.8) is 0 Å². The highest BCUT2D eigenvalue weighted by Gasteiger charge is 2.13. The van der Waals surface area contributed by atoms with Crippen molar-refractivity contribution in [2.75, 3.05) is 0 Å². The first-order chi connectivity index (χ1) is 8.08. The highest BCUT2D eigenvalue weighted by atomic mass is 16.1. The van der Waals surface area contributed by atoms with E-state index < -0.39 is 0 Å². The summed E-state index contributed by atoms with van der Waals surface area (Å²) in [5.41, 5.74) is 3.28. The van der Waals surface area contributed by atoms with Crippen molar-refractivity contribution in [1.29, 1.82) is 0 Å². The third kappa shape index (κ3) is 2.38. The van der Waals surface area contributed by atoms with E-state index in [2.05, 4.69) is 9.97 Å². The predicted octanol–water partition coefficient (Wildman–Crippen LogP) is 2.63. The first-order valence-electron chi connectivity index (χ1n) is 5.49.